The first kappa shape index (κ1) is 28.9. The van der Waals surface area contributed by atoms with E-state index in [1.165, 1.54) is 11.8 Å². The zero-order valence-corrected chi connectivity index (χ0v) is 25.6. The van der Waals surface area contributed by atoms with Crippen LogP contribution in [0.3, 0.4) is 0 Å². The van der Waals surface area contributed by atoms with Crippen LogP contribution in [0.5, 0.6) is 17.2 Å². The fraction of sp³-hybridized carbons (Fsp3) is 0.281. The maximum Gasteiger partial charge on any atom is 0.240 e. The average molecular weight is 619 g/mol. The molecule has 0 spiro atoms. The zero-order valence-electron chi connectivity index (χ0n) is 24.0. The zero-order chi connectivity index (χ0) is 30.1. The number of nitrogens with one attached hydrogen (secondary N) is 1. The molecule has 1 atom stereocenters. The number of nitrogens with zero attached hydrogens (tertiary/aromatic N) is 3. The SMILES string of the molecule is COc1ccc(-n2nc(-c3ccc(Cl)cc3)c3c2N(CC(=O)NC2CC2)C(=O)CS[C@H]3c2cc(OC)ccc2OC)cc1. The van der Waals surface area contributed by atoms with Gasteiger partial charge >= 0.3 is 0 Å². The highest BCUT2D eigenvalue weighted by Gasteiger charge is 2.39. The summed E-state index contributed by atoms with van der Waals surface area (Å²) in [6.07, 6.45) is 1.89. The number of carbonyl (C=O) groups excluding carboxylic acids is 2. The minimum absolute atomic E-state index is 0.132. The molecule has 1 aromatic heterocycles. The van der Waals surface area contributed by atoms with Crippen molar-refractivity contribution in [3.63, 3.8) is 0 Å². The number of benzene rings is 3. The number of aromatic nitrogens is 2. The number of amides is 2. The van der Waals surface area contributed by atoms with Crippen LogP contribution < -0.4 is 24.4 Å². The Balaban J connectivity index is 1.63. The molecule has 1 aliphatic carbocycles. The minimum atomic E-state index is -0.391. The second-order valence-electron chi connectivity index (χ2n) is 10.3. The first-order chi connectivity index (χ1) is 20.9. The Labute approximate surface area is 259 Å². The summed E-state index contributed by atoms with van der Waals surface area (Å²) >= 11 is 7.74. The van der Waals surface area contributed by atoms with Crippen molar-refractivity contribution in [1.82, 2.24) is 15.1 Å². The summed E-state index contributed by atoms with van der Waals surface area (Å²) in [7, 11) is 4.84. The number of methoxy groups -OCH3 is 3. The molecule has 1 fully saturated rings. The average Bonchev–Trinajstić information content (AvgIpc) is 3.79. The predicted octanol–water partition coefficient (Wildman–Crippen LogP) is 5.67. The topological polar surface area (TPSA) is 94.9 Å². The van der Waals surface area contributed by atoms with Crippen LogP contribution in [0.15, 0.2) is 66.7 Å². The van der Waals surface area contributed by atoms with Crippen LogP contribution in [-0.2, 0) is 9.59 Å². The molecule has 0 bridgehead atoms. The first-order valence-corrected chi connectivity index (χ1v) is 15.3. The molecule has 2 amide bonds. The lowest BCUT2D eigenvalue weighted by Crippen LogP contribution is -2.43. The van der Waals surface area contributed by atoms with Crippen molar-refractivity contribution >= 4 is 41.0 Å². The molecule has 2 aliphatic rings. The number of thioether (sulfide) groups is 1. The number of carbonyl (C=O) groups is 2. The molecule has 9 nitrogen and oxygen atoms in total. The summed E-state index contributed by atoms with van der Waals surface area (Å²) in [6, 6.07) is 20.7. The lowest BCUT2D eigenvalue weighted by Gasteiger charge is -2.23. The van der Waals surface area contributed by atoms with E-state index in [0.29, 0.717) is 39.5 Å². The van der Waals surface area contributed by atoms with Crippen LogP contribution in [0.2, 0.25) is 5.02 Å². The Kier molecular flexibility index (Phi) is 8.23. The molecule has 222 valence electrons. The number of hydrogen-bond acceptors (Lipinski definition) is 7. The standard InChI is InChI=1S/C32H31ClN4O5S/c1-40-23-12-10-22(11-13-23)37-32-29(30(35-37)19-4-6-20(33)7-5-19)31(25-16-24(41-2)14-15-26(25)42-3)43-18-28(39)36(32)17-27(38)34-21-8-9-21/h4-7,10-16,21,31H,8-9,17-18H2,1-3H3,(H,34,38)/t31-/m0/s1. The van der Waals surface area contributed by atoms with Gasteiger partial charge in [0.1, 0.15) is 29.6 Å². The van der Waals surface area contributed by atoms with Gasteiger partial charge in [-0.05, 0) is 67.4 Å². The van der Waals surface area contributed by atoms with E-state index in [0.717, 1.165) is 29.5 Å². The Bertz CT molecular complexity index is 1650. The van der Waals surface area contributed by atoms with Gasteiger partial charge in [0.25, 0.3) is 0 Å². The van der Waals surface area contributed by atoms with Crippen molar-refractivity contribution in [2.75, 3.05) is 38.5 Å². The van der Waals surface area contributed by atoms with Crippen LogP contribution in [-0.4, -0.2) is 61.3 Å². The second kappa shape index (κ2) is 12.2. The highest BCUT2D eigenvalue weighted by Crippen LogP contribution is 2.51. The van der Waals surface area contributed by atoms with Gasteiger partial charge in [0.15, 0.2) is 0 Å². The molecule has 3 aromatic carbocycles. The van der Waals surface area contributed by atoms with Gasteiger partial charge in [0.2, 0.25) is 11.8 Å². The van der Waals surface area contributed by atoms with Crippen LogP contribution in [0.4, 0.5) is 5.82 Å². The summed E-state index contributed by atoms with van der Waals surface area (Å²) in [5.41, 5.74) is 3.79. The van der Waals surface area contributed by atoms with Crippen LogP contribution in [0.1, 0.15) is 29.2 Å². The van der Waals surface area contributed by atoms with Gasteiger partial charge in [-0.3, -0.25) is 14.5 Å². The number of anilines is 1. The van der Waals surface area contributed by atoms with Crippen LogP contribution in [0.25, 0.3) is 16.9 Å². The molecule has 1 saturated carbocycles. The fourth-order valence-electron chi connectivity index (χ4n) is 5.18. The number of fused-ring (bicyclic) bond motifs is 1. The lowest BCUT2D eigenvalue weighted by molar-refractivity contribution is -0.123. The van der Waals surface area contributed by atoms with Crippen molar-refractivity contribution < 1.29 is 23.8 Å². The van der Waals surface area contributed by atoms with E-state index in [1.807, 2.05) is 66.7 Å². The summed E-state index contributed by atoms with van der Waals surface area (Å²) < 4.78 is 18.5. The monoisotopic (exact) mass is 618 g/mol. The van der Waals surface area contributed by atoms with Gasteiger partial charge in [0.05, 0.1) is 43.7 Å². The van der Waals surface area contributed by atoms with E-state index in [-0.39, 0.29) is 30.2 Å². The third-order valence-corrected chi connectivity index (χ3v) is 8.98. The van der Waals surface area contributed by atoms with Crippen LogP contribution >= 0.6 is 23.4 Å². The van der Waals surface area contributed by atoms with Crippen molar-refractivity contribution in [2.24, 2.45) is 0 Å². The molecule has 4 aromatic rings. The van der Waals surface area contributed by atoms with Gasteiger partial charge in [-0.2, -0.15) is 5.10 Å². The number of hydrogen-bond donors (Lipinski definition) is 1. The molecule has 0 radical (unpaired) electrons. The molecule has 1 N–H and O–H groups in total. The third-order valence-electron chi connectivity index (χ3n) is 7.49. The maximum absolute atomic E-state index is 13.9. The molecule has 0 saturated heterocycles. The first-order valence-electron chi connectivity index (χ1n) is 13.9. The summed E-state index contributed by atoms with van der Waals surface area (Å²) in [4.78, 5) is 28.7. The number of rotatable bonds is 9. The van der Waals surface area contributed by atoms with E-state index in [1.54, 1.807) is 30.9 Å². The Morgan fingerprint density at radius 1 is 0.977 bits per heavy atom. The molecule has 6 rings (SSSR count). The van der Waals surface area contributed by atoms with Crippen molar-refractivity contribution in [2.45, 2.75) is 24.1 Å². The number of ether oxygens (including phenoxy) is 3. The van der Waals surface area contributed by atoms with Gasteiger partial charge < -0.3 is 19.5 Å². The molecular weight excluding hydrogens is 588 g/mol. The van der Waals surface area contributed by atoms with Crippen LogP contribution in [0, 0.1) is 0 Å². The Morgan fingerprint density at radius 3 is 2.33 bits per heavy atom. The molecule has 2 heterocycles. The van der Waals surface area contributed by atoms with Crippen molar-refractivity contribution in [1.29, 1.82) is 0 Å². The van der Waals surface area contributed by atoms with E-state index >= 15 is 0 Å². The number of halogens is 1. The van der Waals surface area contributed by atoms with E-state index < -0.39 is 5.25 Å². The van der Waals surface area contributed by atoms with Gasteiger partial charge in [-0.1, -0.05) is 23.7 Å². The van der Waals surface area contributed by atoms with Crippen molar-refractivity contribution in [3.8, 4) is 34.2 Å². The largest absolute Gasteiger partial charge is 0.497 e. The minimum Gasteiger partial charge on any atom is -0.497 e. The van der Waals surface area contributed by atoms with Gasteiger partial charge in [0, 0.05) is 27.8 Å². The van der Waals surface area contributed by atoms with E-state index in [9.17, 15) is 9.59 Å². The van der Waals surface area contributed by atoms with E-state index in [4.69, 9.17) is 30.9 Å². The lowest BCUT2D eigenvalue weighted by atomic mass is 9.98. The molecule has 1 aliphatic heterocycles. The Hall–Kier alpha value is -4.15. The Morgan fingerprint density at radius 2 is 1.67 bits per heavy atom. The molecular formula is C32H31ClN4O5S. The fourth-order valence-corrected chi connectivity index (χ4v) is 6.52. The van der Waals surface area contributed by atoms with Crippen molar-refractivity contribution in [3.05, 3.63) is 82.9 Å². The molecule has 0 unspecified atom stereocenters. The van der Waals surface area contributed by atoms with E-state index in [2.05, 4.69) is 5.32 Å². The van der Waals surface area contributed by atoms with Gasteiger partial charge in [-0.15, -0.1) is 11.8 Å². The maximum atomic E-state index is 13.9. The normalized spacial score (nSPS) is 16.3. The quantitative estimate of drug-likeness (QED) is 0.258. The third kappa shape index (κ3) is 5.89. The second-order valence-corrected chi connectivity index (χ2v) is 11.9. The van der Waals surface area contributed by atoms with Gasteiger partial charge in [-0.25, -0.2) is 4.68 Å². The highest BCUT2D eigenvalue weighted by molar-refractivity contribution is 8.00. The molecule has 43 heavy (non-hydrogen) atoms. The smallest absolute Gasteiger partial charge is 0.240 e. The summed E-state index contributed by atoms with van der Waals surface area (Å²) in [6.45, 7) is -0.132. The molecule has 11 heteroatoms. The highest BCUT2D eigenvalue weighted by atomic mass is 35.5. The predicted molar refractivity (Wildman–Crippen MR) is 168 cm³/mol. The summed E-state index contributed by atoms with van der Waals surface area (Å²) in [5.74, 6) is 2.25. The summed E-state index contributed by atoms with van der Waals surface area (Å²) in [5, 5.41) is 8.36.